The van der Waals surface area contributed by atoms with Crippen molar-refractivity contribution in [2.24, 2.45) is 0 Å². The van der Waals surface area contributed by atoms with Gasteiger partial charge in [-0.15, -0.1) is 10.2 Å². The summed E-state index contributed by atoms with van der Waals surface area (Å²) < 4.78 is 2.04. The van der Waals surface area contributed by atoms with Crippen molar-refractivity contribution in [1.82, 2.24) is 19.7 Å². The number of rotatable bonds is 3. The summed E-state index contributed by atoms with van der Waals surface area (Å²) >= 11 is 0. The Hall–Kier alpha value is -2.01. The maximum Gasteiger partial charge on any atom is 0.177 e. The Morgan fingerprint density at radius 1 is 1.19 bits per heavy atom. The van der Waals surface area contributed by atoms with Gasteiger partial charge in [-0.1, -0.05) is 17.7 Å². The van der Waals surface area contributed by atoms with Crippen molar-refractivity contribution in [1.29, 1.82) is 0 Å². The van der Waals surface area contributed by atoms with E-state index < -0.39 is 0 Å². The zero-order valence-corrected chi connectivity index (χ0v) is 12.8. The van der Waals surface area contributed by atoms with Gasteiger partial charge in [0.25, 0.3) is 0 Å². The summed E-state index contributed by atoms with van der Waals surface area (Å²) in [5.41, 5.74) is 4.20. The maximum absolute atomic E-state index is 12.6. The smallest absolute Gasteiger partial charge is 0.177 e. The summed E-state index contributed by atoms with van der Waals surface area (Å²) in [5, 5.41) is 8.01. The molecule has 5 nitrogen and oxygen atoms in total. The van der Waals surface area contributed by atoms with Crippen LogP contribution < -0.4 is 0 Å². The summed E-state index contributed by atoms with van der Waals surface area (Å²) in [6.45, 7) is 8.93. The van der Waals surface area contributed by atoms with Crippen molar-refractivity contribution < 1.29 is 4.79 Å². The molecule has 0 saturated heterocycles. The predicted octanol–water partition coefficient (Wildman–Crippen LogP) is 1.90. The van der Waals surface area contributed by atoms with Crippen LogP contribution in [-0.2, 0) is 13.1 Å². The van der Waals surface area contributed by atoms with Crippen LogP contribution in [0, 0.1) is 20.8 Å². The van der Waals surface area contributed by atoms with Gasteiger partial charge in [0.2, 0.25) is 0 Å². The number of nitrogens with zero attached hydrogens (tertiary/aromatic N) is 4. The van der Waals surface area contributed by atoms with Crippen LogP contribution in [0.25, 0.3) is 0 Å². The molecule has 0 aliphatic carbocycles. The van der Waals surface area contributed by atoms with Crippen molar-refractivity contribution in [3.8, 4) is 0 Å². The minimum absolute atomic E-state index is 0.193. The van der Waals surface area contributed by atoms with Crippen molar-refractivity contribution in [2.75, 3.05) is 13.1 Å². The third kappa shape index (κ3) is 2.74. The van der Waals surface area contributed by atoms with E-state index in [0.717, 1.165) is 35.6 Å². The van der Waals surface area contributed by atoms with Gasteiger partial charge in [-0.3, -0.25) is 9.69 Å². The normalized spacial score (nSPS) is 15.0. The Morgan fingerprint density at radius 3 is 2.62 bits per heavy atom. The Labute approximate surface area is 124 Å². The molecule has 1 aliphatic rings. The number of ketones is 1. The first-order valence-electron chi connectivity index (χ1n) is 7.24. The molecule has 0 fully saturated rings. The lowest BCUT2D eigenvalue weighted by Crippen LogP contribution is -2.37. The average Bonchev–Trinajstić information content (AvgIpc) is 2.84. The van der Waals surface area contributed by atoms with Crippen LogP contribution in [0.4, 0.5) is 0 Å². The zero-order chi connectivity index (χ0) is 15.0. The van der Waals surface area contributed by atoms with Gasteiger partial charge in [-0.05, 0) is 31.9 Å². The maximum atomic E-state index is 12.6. The Bertz CT molecular complexity index is 666. The average molecular weight is 284 g/mol. The fraction of sp³-hybridized carbons (Fsp3) is 0.438. The molecule has 0 bridgehead atoms. The van der Waals surface area contributed by atoms with E-state index in [4.69, 9.17) is 0 Å². The topological polar surface area (TPSA) is 51.0 Å². The number of fused-ring (bicyclic) bond motifs is 1. The highest BCUT2D eigenvalue weighted by Gasteiger charge is 2.21. The van der Waals surface area contributed by atoms with Crippen molar-refractivity contribution in [3.63, 3.8) is 0 Å². The molecule has 5 heteroatoms. The fourth-order valence-electron chi connectivity index (χ4n) is 3.15. The Kier molecular flexibility index (Phi) is 3.59. The number of hydrogen-bond acceptors (Lipinski definition) is 4. The molecule has 0 spiro atoms. The van der Waals surface area contributed by atoms with Crippen LogP contribution >= 0.6 is 0 Å². The lowest BCUT2D eigenvalue weighted by molar-refractivity contribution is 0.0907. The molecule has 21 heavy (non-hydrogen) atoms. The summed E-state index contributed by atoms with van der Waals surface area (Å²) in [6.07, 6.45) is 1.75. The number of carbonyl (C=O) groups is 1. The van der Waals surface area contributed by atoms with E-state index in [2.05, 4.69) is 34.2 Å². The molecule has 3 rings (SSSR count). The number of aryl methyl sites for hydroxylation is 3. The van der Waals surface area contributed by atoms with E-state index >= 15 is 0 Å². The second-order valence-electron chi connectivity index (χ2n) is 5.85. The monoisotopic (exact) mass is 284 g/mol. The highest BCUT2D eigenvalue weighted by atomic mass is 16.1. The Balaban J connectivity index is 1.76. The van der Waals surface area contributed by atoms with Crippen LogP contribution in [0.15, 0.2) is 18.5 Å². The summed E-state index contributed by atoms with van der Waals surface area (Å²) in [5.74, 6) is 1.13. The van der Waals surface area contributed by atoms with Crippen LogP contribution in [0.1, 0.15) is 32.9 Å². The first-order valence-corrected chi connectivity index (χ1v) is 7.24. The van der Waals surface area contributed by atoms with E-state index in [1.807, 2.05) is 18.4 Å². The van der Waals surface area contributed by atoms with Crippen LogP contribution in [0.2, 0.25) is 0 Å². The van der Waals surface area contributed by atoms with Gasteiger partial charge < -0.3 is 4.57 Å². The molecular formula is C16H20N4O. The molecule has 0 atom stereocenters. The van der Waals surface area contributed by atoms with E-state index in [1.54, 1.807) is 6.33 Å². The molecule has 0 radical (unpaired) electrons. The van der Waals surface area contributed by atoms with E-state index in [1.165, 1.54) is 5.56 Å². The summed E-state index contributed by atoms with van der Waals surface area (Å²) in [6, 6.07) is 4.15. The van der Waals surface area contributed by atoms with E-state index in [-0.39, 0.29) is 5.78 Å². The van der Waals surface area contributed by atoms with Crippen LogP contribution in [-0.4, -0.2) is 38.5 Å². The molecule has 0 saturated carbocycles. The molecule has 1 aromatic heterocycles. The number of Topliss-reactive ketones (excluding diaryl/α,β-unsaturated/α-hetero) is 1. The van der Waals surface area contributed by atoms with Crippen LogP contribution in [0.5, 0.6) is 0 Å². The molecule has 0 amide bonds. The van der Waals surface area contributed by atoms with Gasteiger partial charge in [-0.2, -0.15) is 0 Å². The number of benzene rings is 1. The predicted molar refractivity (Wildman–Crippen MR) is 80.3 cm³/mol. The van der Waals surface area contributed by atoms with Crippen molar-refractivity contribution in [3.05, 3.63) is 46.5 Å². The molecule has 0 N–H and O–H groups in total. The second kappa shape index (κ2) is 5.41. The largest absolute Gasteiger partial charge is 0.315 e. The first kappa shape index (κ1) is 13.9. The highest BCUT2D eigenvalue weighted by Crippen LogP contribution is 2.18. The number of carbonyl (C=O) groups excluding carboxylic acids is 1. The number of aromatic nitrogens is 3. The molecule has 110 valence electrons. The van der Waals surface area contributed by atoms with Gasteiger partial charge in [0.1, 0.15) is 12.2 Å². The molecule has 1 aromatic carbocycles. The zero-order valence-electron chi connectivity index (χ0n) is 12.8. The van der Waals surface area contributed by atoms with Crippen molar-refractivity contribution in [2.45, 2.75) is 33.9 Å². The minimum Gasteiger partial charge on any atom is -0.315 e. The van der Waals surface area contributed by atoms with E-state index in [0.29, 0.717) is 13.1 Å². The van der Waals surface area contributed by atoms with Gasteiger partial charge in [0.15, 0.2) is 5.78 Å². The fourth-order valence-corrected chi connectivity index (χ4v) is 3.15. The molecule has 0 unspecified atom stereocenters. The van der Waals surface area contributed by atoms with Gasteiger partial charge in [0, 0.05) is 18.7 Å². The molecule has 2 aromatic rings. The minimum atomic E-state index is 0.193. The highest BCUT2D eigenvalue weighted by molar-refractivity contribution is 6.00. The first-order chi connectivity index (χ1) is 10.0. The summed E-state index contributed by atoms with van der Waals surface area (Å²) in [4.78, 5) is 14.8. The van der Waals surface area contributed by atoms with Crippen LogP contribution in [0.3, 0.4) is 0 Å². The van der Waals surface area contributed by atoms with Gasteiger partial charge >= 0.3 is 0 Å². The molecule has 2 heterocycles. The Morgan fingerprint density at radius 2 is 1.90 bits per heavy atom. The summed E-state index contributed by atoms with van der Waals surface area (Å²) in [7, 11) is 0. The standard InChI is InChI=1S/C16H20N4O/c1-11-6-12(2)16(13(3)7-11)14(21)8-19-4-5-20-10-17-18-15(20)9-19/h6-7,10H,4-5,8-9H2,1-3H3. The third-order valence-electron chi connectivity index (χ3n) is 4.04. The van der Waals surface area contributed by atoms with E-state index in [9.17, 15) is 4.79 Å². The second-order valence-corrected chi connectivity index (χ2v) is 5.85. The lowest BCUT2D eigenvalue weighted by Gasteiger charge is -2.26. The third-order valence-corrected chi connectivity index (χ3v) is 4.04. The lowest BCUT2D eigenvalue weighted by atomic mass is 9.96. The quantitative estimate of drug-likeness (QED) is 0.808. The molecule has 1 aliphatic heterocycles. The van der Waals surface area contributed by atoms with Gasteiger partial charge in [-0.25, -0.2) is 0 Å². The number of hydrogen-bond donors (Lipinski definition) is 0. The van der Waals surface area contributed by atoms with Gasteiger partial charge in [0.05, 0.1) is 13.1 Å². The SMILES string of the molecule is Cc1cc(C)c(C(=O)CN2CCn3cnnc3C2)c(C)c1. The van der Waals surface area contributed by atoms with Crippen molar-refractivity contribution >= 4 is 5.78 Å². The molecular weight excluding hydrogens is 264 g/mol.